The molecule has 6 heteroatoms. The molecule has 0 radical (unpaired) electrons. The minimum Gasteiger partial charge on any atom is -0.493 e. The number of para-hydroxylation sites is 1. The van der Waals surface area contributed by atoms with Crippen molar-refractivity contribution in [2.75, 3.05) is 19.8 Å². The molecule has 0 saturated carbocycles. The minimum absolute atomic E-state index is 0.256. The molecule has 0 aliphatic carbocycles. The van der Waals surface area contributed by atoms with E-state index in [1.807, 2.05) is 31.2 Å². The molecule has 0 heterocycles. The predicted octanol–water partition coefficient (Wildman–Crippen LogP) is 2.62. The molecular formula is C12H15N3O3. The summed E-state index contributed by atoms with van der Waals surface area (Å²) in [5, 5.41) is 3.10. The lowest BCUT2D eigenvalue weighted by Crippen LogP contribution is -2.11. The molecule has 1 aromatic carbocycles. The zero-order chi connectivity index (χ0) is 13.2. The number of aryl methyl sites for hydroxylation is 1. The summed E-state index contributed by atoms with van der Waals surface area (Å²) in [6.45, 7) is 2.43. The Morgan fingerprint density at radius 2 is 2.17 bits per heavy atom. The molecule has 6 nitrogen and oxygen atoms in total. The molecule has 0 bridgehead atoms. The van der Waals surface area contributed by atoms with Gasteiger partial charge in [0.25, 0.3) is 0 Å². The van der Waals surface area contributed by atoms with Gasteiger partial charge < -0.3 is 9.47 Å². The number of benzene rings is 1. The van der Waals surface area contributed by atoms with Crippen molar-refractivity contribution in [3.8, 4) is 5.75 Å². The molecule has 1 rings (SSSR count). The van der Waals surface area contributed by atoms with E-state index in [1.54, 1.807) is 0 Å². The molecular weight excluding hydrogens is 234 g/mol. The standard InChI is InChI=1S/C12H15N3O3/c1-10-5-2-3-6-11(10)17-7-4-8-18-12(16)9-14-15-13/h2-3,5-6H,4,7-9H2,1H3. The van der Waals surface area contributed by atoms with Crippen LogP contribution in [0.5, 0.6) is 5.75 Å². The van der Waals surface area contributed by atoms with Gasteiger partial charge in [-0.15, -0.1) is 0 Å². The maximum atomic E-state index is 11.0. The molecule has 0 N–H and O–H groups in total. The Bertz CT molecular complexity index is 442. The number of carbonyl (C=O) groups is 1. The highest BCUT2D eigenvalue weighted by atomic mass is 16.5. The average Bonchev–Trinajstić information content (AvgIpc) is 2.38. The molecule has 0 aliphatic rings. The number of azide groups is 1. The van der Waals surface area contributed by atoms with Gasteiger partial charge in [-0.05, 0) is 24.1 Å². The van der Waals surface area contributed by atoms with Crippen molar-refractivity contribution in [2.45, 2.75) is 13.3 Å². The normalized spacial score (nSPS) is 9.39. The van der Waals surface area contributed by atoms with Crippen molar-refractivity contribution in [3.63, 3.8) is 0 Å². The van der Waals surface area contributed by atoms with Gasteiger partial charge >= 0.3 is 5.97 Å². The maximum absolute atomic E-state index is 11.0. The SMILES string of the molecule is Cc1ccccc1OCCCOC(=O)CN=[N+]=[N-]. The number of carbonyl (C=O) groups excluding carboxylic acids is 1. The first-order chi connectivity index (χ1) is 8.74. The molecule has 0 saturated heterocycles. The third-order valence-electron chi connectivity index (χ3n) is 2.17. The summed E-state index contributed by atoms with van der Waals surface area (Å²) in [5.41, 5.74) is 9.07. The topological polar surface area (TPSA) is 84.3 Å². The van der Waals surface area contributed by atoms with Crippen molar-refractivity contribution in [3.05, 3.63) is 40.3 Å². The van der Waals surface area contributed by atoms with Crippen LogP contribution in [0.4, 0.5) is 0 Å². The number of esters is 1. The van der Waals surface area contributed by atoms with E-state index in [1.165, 1.54) is 0 Å². The van der Waals surface area contributed by atoms with Crippen molar-refractivity contribution >= 4 is 5.97 Å². The molecule has 0 aliphatic heterocycles. The van der Waals surface area contributed by atoms with Crippen molar-refractivity contribution in [1.29, 1.82) is 0 Å². The van der Waals surface area contributed by atoms with E-state index in [4.69, 9.17) is 15.0 Å². The zero-order valence-electron chi connectivity index (χ0n) is 10.2. The Morgan fingerprint density at radius 3 is 2.89 bits per heavy atom. The summed E-state index contributed by atoms with van der Waals surface area (Å²) in [6, 6.07) is 7.71. The summed E-state index contributed by atoms with van der Waals surface area (Å²) >= 11 is 0. The largest absolute Gasteiger partial charge is 0.493 e. The zero-order valence-corrected chi connectivity index (χ0v) is 10.2. The minimum atomic E-state index is -0.524. The molecule has 96 valence electrons. The average molecular weight is 249 g/mol. The third kappa shape index (κ3) is 5.23. The molecule has 0 atom stereocenters. The summed E-state index contributed by atoms with van der Waals surface area (Å²) in [5.74, 6) is 0.307. The lowest BCUT2D eigenvalue weighted by Gasteiger charge is -2.08. The van der Waals surface area contributed by atoms with E-state index in [0.29, 0.717) is 13.0 Å². The monoisotopic (exact) mass is 249 g/mol. The first-order valence-corrected chi connectivity index (χ1v) is 5.59. The van der Waals surface area contributed by atoms with Gasteiger partial charge in [-0.1, -0.05) is 23.3 Å². The van der Waals surface area contributed by atoms with Crippen LogP contribution < -0.4 is 4.74 Å². The van der Waals surface area contributed by atoms with Crippen molar-refractivity contribution in [1.82, 2.24) is 0 Å². The van der Waals surface area contributed by atoms with Crippen LogP contribution in [0, 0.1) is 6.92 Å². The third-order valence-corrected chi connectivity index (χ3v) is 2.17. The first-order valence-electron chi connectivity index (χ1n) is 5.59. The van der Waals surface area contributed by atoms with Crippen LogP contribution in [0.15, 0.2) is 29.4 Å². The summed E-state index contributed by atoms with van der Waals surface area (Å²) < 4.78 is 10.4. The Balaban J connectivity index is 2.14. The summed E-state index contributed by atoms with van der Waals surface area (Å²) in [7, 11) is 0. The fourth-order valence-corrected chi connectivity index (χ4v) is 1.28. The summed E-state index contributed by atoms with van der Waals surface area (Å²) in [6.07, 6.45) is 0.594. The van der Waals surface area contributed by atoms with Crippen LogP contribution in [0.25, 0.3) is 10.4 Å². The van der Waals surface area contributed by atoms with Gasteiger partial charge in [-0.2, -0.15) is 0 Å². The van der Waals surface area contributed by atoms with Gasteiger partial charge in [0.05, 0.1) is 13.2 Å². The van der Waals surface area contributed by atoms with Crippen LogP contribution in [-0.2, 0) is 9.53 Å². The van der Waals surface area contributed by atoms with E-state index in [9.17, 15) is 4.79 Å². The number of ether oxygens (including phenoxy) is 2. The quantitative estimate of drug-likeness (QED) is 0.245. The summed E-state index contributed by atoms with van der Waals surface area (Å²) in [4.78, 5) is 13.4. The molecule has 0 aromatic heterocycles. The van der Waals surface area contributed by atoms with Crippen LogP contribution in [0.3, 0.4) is 0 Å². The fourth-order valence-electron chi connectivity index (χ4n) is 1.28. The smallest absolute Gasteiger partial charge is 0.311 e. The maximum Gasteiger partial charge on any atom is 0.311 e. The number of hydrogen-bond acceptors (Lipinski definition) is 4. The number of rotatable bonds is 7. The molecule has 0 unspecified atom stereocenters. The fraction of sp³-hybridized carbons (Fsp3) is 0.417. The second-order valence-electron chi connectivity index (χ2n) is 3.58. The Labute approximate surface area is 105 Å². The van der Waals surface area contributed by atoms with Crippen molar-refractivity contribution < 1.29 is 14.3 Å². The molecule has 18 heavy (non-hydrogen) atoms. The van der Waals surface area contributed by atoms with E-state index >= 15 is 0 Å². The highest BCUT2D eigenvalue weighted by molar-refractivity contribution is 5.71. The van der Waals surface area contributed by atoms with E-state index in [-0.39, 0.29) is 13.2 Å². The number of nitrogens with zero attached hydrogens (tertiary/aromatic N) is 3. The van der Waals surface area contributed by atoms with Gasteiger partial charge in [0, 0.05) is 11.3 Å². The second-order valence-corrected chi connectivity index (χ2v) is 3.58. The van der Waals surface area contributed by atoms with Crippen LogP contribution in [0.2, 0.25) is 0 Å². The lowest BCUT2D eigenvalue weighted by molar-refractivity contribution is -0.142. The van der Waals surface area contributed by atoms with Gasteiger partial charge in [0.2, 0.25) is 0 Å². The highest BCUT2D eigenvalue weighted by Crippen LogP contribution is 2.15. The lowest BCUT2D eigenvalue weighted by atomic mass is 10.2. The van der Waals surface area contributed by atoms with Gasteiger partial charge in [0.1, 0.15) is 12.3 Å². The Morgan fingerprint density at radius 1 is 1.39 bits per heavy atom. The second kappa shape index (κ2) is 7.97. The Hall–Kier alpha value is -2.20. The van der Waals surface area contributed by atoms with Crippen LogP contribution in [-0.4, -0.2) is 25.7 Å². The Kier molecular flexibility index (Phi) is 6.14. The van der Waals surface area contributed by atoms with Gasteiger partial charge in [-0.3, -0.25) is 4.79 Å². The highest BCUT2D eigenvalue weighted by Gasteiger charge is 2.01. The van der Waals surface area contributed by atoms with E-state index < -0.39 is 5.97 Å². The van der Waals surface area contributed by atoms with Crippen LogP contribution in [0.1, 0.15) is 12.0 Å². The van der Waals surface area contributed by atoms with Crippen LogP contribution >= 0.6 is 0 Å². The molecule has 0 spiro atoms. The molecule has 1 aromatic rings. The van der Waals surface area contributed by atoms with Gasteiger partial charge in [0.15, 0.2) is 0 Å². The van der Waals surface area contributed by atoms with Gasteiger partial charge in [-0.25, -0.2) is 0 Å². The number of hydrogen-bond donors (Lipinski definition) is 0. The first kappa shape index (κ1) is 13.9. The van der Waals surface area contributed by atoms with E-state index in [2.05, 4.69) is 10.0 Å². The predicted molar refractivity (Wildman–Crippen MR) is 66.3 cm³/mol. The van der Waals surface area contributed by atoms with E-state index in [0.717, 1.165) is 11.3 Å². The molecule has 0 amide bonds. The van der Waals surface area contributed by atoms with Crippen molar-refractivity contribution in [2.24, 2.45) is 5.11 Å². The molecule has 0 fully saturated rings.